The van der Waals surface area contributed by atoms with Crippen molar-refractivity contribution in [3.8, 4) is 5.75 Å². The Labute approximate surface area is 186 Å². The van der Waals surface area contributed by atoms with E-state index in [1.807, 2.05) is 30.3 Å². The minimum atomic E-state index is -0.277. The highest BCUT2D eigenvalue weighted by atomic mass is 16.5. The van der Waals surface area contributed by atoms with Gasteiger partial charge in [0.2, 0.25) is 0 Å². The molecule has 162 valence electrons. The van der Waals surface area contributed by atoms with Gasteiger partial charge in [0.15, 0.2) is 5.69 Å². The number of aryl methyl sites for hydroxylation is 1. The number of methoxy groups -OCH3 is 1. The third-order valence-electron chi connectivity index (χ3n) is 5.94. The first-order valence-electron chi connectivity index (χ1n) is 10.7. The molecule has 0 saturated heterocycles. The van der Waals surface area contributed by atoms with Crippen LogP contribution in [-0.2, 0) is 19.4 Å². The number of aromatic nitrogens is 3. The summed E-state index contributed by atoms with van der Waals surface area (Å²) in [4.78, 5) is 13.0. The molecular weight excluding hydrogens is 404 g/mol. The second-order valence-electron chi connectivity index (χ2n) is 7.98. The third-order valence-corrected chi connectivity index (χ3v) is 5.94. The van der Waals surface area contributed by atoms with Gasteiger partial charge in [-0.1, -0.05) is 53.7 Å². The van der Waals surface area contributed by atoms with Crippen molar-refractivity contribution in [3.05, 3.63) is 95.1 Å². The molecular formula is C25H24N4O3. The lowest BCUT2D eigenvalue weighted by Crippen LogP contribution is -2.18. The van der Waals surface area contributed by atoms with Gasteiger partial charge in [-0.3, -0.25) is 9.48 Å². The van der Waals surface area contributed by atoms with Crippen LogP contribution in [0.2, 0.25) is 0 Å². The minimum absolute atomic E-state index is 0.277. The quantitative estimate of drug-likeness (QED) is 0.491. The molecule has 32 heavy (non-hydrogen) atoms. The van der Waals surface area contributed by atoms with Crippen LogP contribution in [0.25, 0.3) is 0 Å². The molecule has 2 aromatic heterocycles. The Kier molecular flexibility index (Phi) is 5.46. The average molecular weight is 428 g/mol. The van der Waals surface area contributed by atoms with E-state index in [0.29, 0.717) is 23.8 Å². The number of benzene rings is 2. The van der Waals surface area contributed by atoms with Gasteiger partial charge in [0, 0.05) is 23.7 Å². The van der Waals surface area contributed by atoms with Gasteiger partial charge in [-0.15, -0.1) is 0 Å². The summed E-state index contributed by atoms with van der Waals surface area (Å²) in [5, 5.41) is 11.4. The molecule has 0 radical (unpaired) electrons. The standard InChI is InChI=1S/C25H24N4O3/c1-31-22-10-6-5-9-19(22)15-29-16-20(14-26-29)27-25(30)24-21-13-18(11-12-23(21)32-28-24)17-7-3-2-4-8-17/h2-10,14,16,18H,11-13,15H2,1H3,(H,27,30). The maximum atomic E-state index is 13.0. The molecule has 1 unspecified atom stereocenters. The van der Waals surface area contributed by atoms with E-state index in [-0.39, 0.29) is 5.91 Å². The van der Waals surface area contributed by atoms with Crippen LogP contribution in [0.15, 0.2) is 71.5 Å². The molecule has 0 saturated carbocycles. The molecule has 4 aromatic rings. The van der Waals surface area contributed by atoms with Crippen molar-refractivity contribution >= 4 is 11.6 Å². The van der Waals surface area contributed by atoms with Crippen molar-refractivity contribution in [1.82, 2.24) is 14.9 Å². The molecule has 0 bridgehead atoms. The van der Waals surface area contributed by atoms with E-state index in [4.69, 9.17) is 9.26 Å². The number of nitrogens with one attached hydrogen (secondary N) is 1. The first kappa shape index (κ1) is 20.1. The summed E-state index contributed by atoms with van der Waals surface area (Å²) in [5.41, 5.74) is 4.16. The maximum absolute atomic E-state index is 13.0. The Hall–Kier alpha value is -3.87. The molecule has 0 fully saturated rings. The molecule has 1 amide bonds. The lowest BCUT2D eigenvalue weighted by Gasteiger charge is -2.21. The number of para-hydroxylation sites is 1. The van der Waals surface area contributed by atoms with Crippen molar-refractivity contribution in [2.45, 2.75) is 31.7 Å². The minimum Gasteiger partial charge on any atom is -0.496 e. The zero-order valence-corrected chi connectivity index (χ0v) is 17.8. The van der Waals surface area contributed by atoms with Crippen LogP contribution in [-0.4, -0.2) is 28.0 Å². The molecule has 1 aliphatic rings. The van der Waals surface area contributed by atoms with E-state index in [1.54, 1.807) is 24.2 Å². The van der Waals surface area contributed by atoms with Crippen LogP contribution >= 0.6 is 0 Å². The number of carbonyl (C=O) groups is 1. The fourth-order valence-electron chi connectivity index (χ4n) is 4.31. The molecule has 7 nitrogen and oxygen atoms in total. The molecule has 0 aliphatic heterocycles. The summed E-state index contributed by atoms with van der Waals surface area (Å²) in [7, 11) is 1.65. The zero-order chi connectivity index (χ0) is 21.9. The van der Waals surface area contributed by atoms with E-state index < -0.39 is 0 Å². The van der Waals surface area contributed by atoms with Crippen LogP contribution in [0.1, 0.15) is 45.3 Å². The average Bonchev–Trinajstić information content (AvgIpc) is 3.46. The predicted octanol–water partition coefficient (Wildman–Crippen LogP) is 4.45. The highest BCUT2D eigenvalue weighted by Gasteiger charge is 2.29. The van der Waals surface area contributed by atoms with Crippen LogP contribution in [0.4, 0.5) is 5.69 Å². The Bertz CT molecular complexity index is 1230. The molecule has 5 rings (SSSR count). The molecule has 2 heterocycles. The fourth-order valence-corrected chi connectivity index (χ4v) is 4.31. The normalized spacial score (nSPS) is 15.2. The molecule has 2 aromatic carbocycles. The van der Waals surface area contributed by atoms with Gasteiger partial charge >= 0.3 is 0 Å². The number of amides is 1. The van der Waals surface area contributed by atoms with Gasteiger partial charge in [0.05, 0.1) is 25.5 Å². The molecule has 1 N–H and O–H groups in total. The van der Waals surface area contributed by atoms with Crippen LogP contribution in [0, 0.1) is 0 Å². The number of ether oxygens (including phenoxy) is 1. The summed E-state index contributed by atoms with van der Waals surface area (Å²) >= 11 is 0. The molecule has 1 atom stereocenters. The smallest absolute Gasteiger partial charge is 0.278 e. The monoisotopic (exact) mass is 428 g/mol. The Morgan fingerprint density at radius 2 is 2.00 bits per heavy atom. The van der Waals surface area contributed by atoms with Gasteiger partial charge in [-0.05, 0) is 30.4 Å². The molecule has 7 heteroatoms. The summed E-state index contributed by atoms with van der Waals surface area (Å²) in [6.45, 7) is 0.540. The lowest BCUT2D eigenvalue weighted by molar-refractivity contribution is 0.101. The van der Waals surface area contributed by atoms with Gasteiger partial charge in [-0.25, -0.2) is 0 Å². The van der Waals surface area contributed by atoms with Crippen LogP contribution < -0.4 is 10.1 Å². The Morgan fingerprint density at radius 3 is 2.84 bits per heavy atom. The summed E-state index contributed by atoms with van der Waals surface area (Å²) in [6.07, 6.45) is 5.95. The van der Waals surface area contributed by atoms with Crippen molar-refractivity contribution in [1.29, 1.82) is 0 Å². The summed E-state index contributed by atoms with van der Waals surface area (Å²) in [5.74, 6) is 1.70. The molecule has 0 spiro atoms. The van der Waals surface area contributed by atoms with Gasteiger partial charge < -0.3 is 14.6 Å². The first-order valence-corrected chi connectivity index (χ1v) is 10.7. The van der Waals surface area contributed by atoms with E-state index in [9.17, 15) is 4.79 Å². The number of fused-ring (bicyclic) bond motifs is 1. The third kappa shape index (κ3) is 4.01. The topological polar surface area (TPSA) is 82.2 Å². The van der Waals surface area contributed by atoms with Gasteiger partial charge in [-0.2, -0.15) is 5.10 Å². The second-order valence-corrected chi connectivity index (χ2v) is 7.98. The predicted molar refractivity (Wildman–Crippen MR) is 120 cm³/mol. The zero-order valence-electron chi connectivity index (χ0n) is 17.8. The number of hydrogen-bond acceptors (Lipinski definition) is 5. The SMILES string of the molecule is COc1ccccc1Cn1cc(NC(=O)c2noc3c2CC(c2ccccc2)CC3)cn1. The number of rotatable bonds is 6. The number of nitrogens with zero attached hydrogens (tertiary/aromatic N) is 3. The first-order chi connectivity index (χ1) is 15.7. The highest BCUT2D eigenvalue weighted by molar-refractivity contribution is 6.03. The van der Waals surface area contributed by atoms with Gasteiger partial charge in [0.25, 0.3) is 5.91 Å². The van der Waals surface area contributed by atoms with Crippen molar-refractivity contribution in [2.75, 3.05) is 12.4 Å². The maximum Gasteiger partial charge on any atom is 0.278 e. The molecule has 1 aliphatic carbocycles. The van der Waals surface area contributed by atoms with Crippen LogP contribution in [0.5, 0.6) is 5.75 Å². The van der Waals surface area contributed by atoms with Crippen LogP contribution in [0.3, 0.4) is 0 Å². The number of anilines is 1. The fraction of sp³-hybridized carbons (Fsp3) is 0.240. The lowest BCUT2D eigenvalue weighted by atomic mass is 9.82. The van der Waals surface area contributed by atoms with Crippen molar-refractivity contribution in [2.24, 2.45) is 0 Å². The van der Waals surface area contributed by atoms with E-state index in [2.05, 4.69) is 39.8 Å². The number of carbonyl (C=O) groups excluding carboxylic acids is 1. The second kappa shape index (κ2) is 8.70. The summed E-state index contributed by atoms with van der Waals surface area (Å²) < 4.78 is 12.7. The Morgan fingerprint density at radius 1 is 1.19 bits per heavy atom. The van der Waals surface area contributed by atoms with Crippen molar-refractivity contribution in [3.63, 3.8) is 0 Å². The Balaban J connectivity index is 1.29. The van der Waals surface area contributed by atoms with Gasteiger partial charge in [0.1, 0.15) is 11.5 Å². The van der Waals surface area contributed by atoms with E-state index >= 15 is 0 Å². The largest absolute Gasteiger partial charge is 0.496 e. The highest BCUT2D eigenvalue weighted by Crippen LogP contribution is 2.34. The number of hydrogen-bond donors (Lipinski definition) is 1. The summed E-state index contributed by atoms with van der Waals surface area (Å²) in [6, 6.07) is 18.2. The van der Waals surface area contributed by atoms with E-state index in [0.717, 1.165) is 41.9 Å². The van der Waals surface area contributed by atoms with E-state index in [1.165, 1.54) is 5.56 Å². The van der Waals surface area contributed by atoms with Crippen molar-refractivity contribution < 1.29 is 14.1 Å².